The van der Waals surface area contributed by atoms with Crippen molar-refractivity contribution < 1.29 is 0 Å². The predicted octanol–water partition coefficient (Wildman–Crippen LogP) is 1.76. The zero-order valence-electron chi connectivity index (χ0n) is 8.48. The van der Waals surface area contributed by atoms with Crippen molar-refractivity contribution in [3.8, 4) is 0 Å². The molecule has 1 aromatic heterocycles. The van der Waals surface area contributed by atoms with Crippen LogP contribution in [0.25, 0.3) is 0 Å². The van der Waals surface area contributed by atoms with E-state index in [0.717, 1.165) is 29.9 Å². The molecule has 3 heteroatoms. The lowest BCUT2D eigenvalue weighted by Crippen LogP contribution is -2.18. The quantitative estimate of drug-likeness (QED) is 0.707. The van der Waals surface area contributed by atoms with Crippen LogP contribution in [0.2, 0.25) is 0 Å². The van der Waals surface area contributed by atoms with Gasteiger partial charge in [0.15, 0.2) is 0 Å². The highest BCUT2D eigenvalue weighted by molar-refractivity contribution is 5.09. The van der Waals surface area contributed by atoms with E-state index < -0.39 is 0 Å². The summed E-state index contributed by atoms with van der Waals surface area (Å²) in [6, 6.07) is 0. The molecule has 0 atom stereocenters. The number of imidazole rings is 1. The second-order valence-electron chi connectivity index (χ2n) is 3.50. The Morgan fingerprint density at radius 3 is 2.54 bits per heavy atom. The third-order valence-corrected chi connectivity index (χ3v) is 2.25. The minimum atomic E-state index is -0.0174. The molecule has 3 nitrogen and oxygen atoms in total. The lowest BCUT2D eigenvalue weighted by Gasteiger charge is -2.03. The summed E-state index contributed by atoms with van der Waals surface area (Å²) < 4.78 is 1.75. The standard InChI is InChI=1S/C10H16N2O/c1-7(2)5-6-12-9(4)8(3)11-10(12)13/h1,5-6H2,2-4H3,(H,11,13). The molecule has 0 aliphatic carbocycles. The Hall–Kier alpha value is -1.25. The smallest absolute Gasteiger partial charge is 0.310 e. The number of rotatable bonds is 3. The van der Waals surface area contributed by atoms with Gasteiger partial charge < -0.3 is 4.98 Å². The summed E-state index contributed by atoms with van der Waals surface area (Å²) in [6.07, 6.45) is 0.859. The Kier molecular flexibility index (Phi) is 2.76. The number of aryl methyl sites for hydroxylation is 1. The lowest BCUT2D eigenvalue weighted by atomic mass is 10.2. The maximum Gasteiger partial charge on any atom is 0.325 e. The number of allylic oxidation sites excluding steroid dienone is 1. The molecule has 1 rings (SSSR count). The Labute approximate surface area is 78.1 Å². The molecule has 1 aromatic rings. The van der Waals surface area contributed by atoms with Crippen molar-refractivity contribution >= 4 is 0 Å². The number of aromatic nitrogens is 2. The van der Waals surface area contributed by atoms with Crippen molar-refractivity contribution in [2.24, 2.45) is 0 Å². The molecule has 0 amide bonds. The van der Waals surface area contributed by atoms with E-state index in [-0.39, 0.29) is 5.69 Å². The molecule has 0 aliphatic rings. The van der Waals surface area contributed by atoms with Crippen LogP contribution in [-0.2, 0) is 6.54 Å². The van der Waals surface area contributed by atoms with Crippen LogP contribution in [0.1, 0.15) is 24.7 Å². The molecule has 0 aliphatic heterocycles. The molecule has 0 fully saturated rings. The maximum absolute atomic E-state index is 11.4. The third-order valence-electron chi connectivity index (χ3n) is 2.25. The van der Waals surface area contributed by atoms with Crippen LogP contribution in [0.15, 0.2) is 16.9 Å². The fourth-order valence-electron chi connectivity index (χ4n) is 1.24. The molecule has 0 saturated heterocycles. The summed E-state index contributed by atoms with van der Waals surface area (Å²) in [6.45, 7) is 10.4. The third kappa shape index (κ3) is 2.11. The van der Waals surface area contributed by atoms with Crippen LogP contribution in [0, 0.1) is 13.8 Å². The molecule has 13 heavy (non-hydrogen) atoms. The number of hydrogen-bond donors (Lipinski definition) is 1. The topological polar surface area (TPSA) is 37.8 Å². The van der Waals surface area contributed by atoms with E-state index in [0.29, 0.717) is 0 Å². The summed E-state index contributed by atoms with van der Waals surface area (Å²) in [5.41, 5.74) is 3.05. The molecule has 0 spiro atoms. The van der Waals surface area contributed by atoms with E-state index in [9.17, 15) is 4.79 Å². The molecule has 72 valence electrons. The van der Waals surface area contributed by atoms with Crippen LogP contribution < -0.4 is 5.69 Å². The summed E-state index contributed by atoms with van der Waals surface area (Å²) in [4.78, 5) is 14.1. The first-order valence-corrected chi connectivity index (χ1v) is 4.42. The SMILES string of the molecule is C=C(C)CCn1c(C)c(C)[nH]c1=O. The van der Waals surface area contributed by atoms with Crippen molar-refractivity contribution in [2.45, 2.75) is 33.7 Å². The van der Waals surface area contributed by atoms with Crippen LogP contribution >= 0.6 is 0 Å². The second kappa shape index (κ2) is 3.64. The van der Waals surface area contributed by atoms with E-state index in [1.54, 1.807) is 4.57 Å². The van der Waals surface area contributed by atoms with Crippen molar-refractivity contribution in [3.63, 3.8) is 0 Å². The molecule has 0 saturated carbocycles. The Balaban J connectivity index is 2.88. The lowest BCUT2D eigenvalue weighted by molar-refractivity contribution is 0.652. The van der Waals surface area contributed by atoms with Crippen molar-refractivity contribution in [3.05, 3.63) is 34.0 Å². The molecule has 0 bridgehead atoms. The van der Waals surface area contributed by atoms with Gasteiger partial charge in [-0.25, -0.2) is 4.79 Å². The van der Waals surface area contributed by atoms with Gasteiger partial charge in [0.25, 0.3) is 0 Å². The van der Waals surface area contributed by atoms with Gasteiger partial charge in [-0.15, -0.1) is 6.58 Å². The molecular formula is C10H16N2O. The Bertz CT molecular complexity index is 371. The molecule has 0 unspecified atom stereocenters. The number of nitrogens with zero attached hydrogens (tertiary/aromatic N) is 1. The van der Waals surface area contributed by atoms with E-state index in [4.69, 9.17) is 0 Å². The Morgan fingerprint density at radius 2 is 2.15 bits per heavy atom. The first-order valence-electron chi connectivity index (χ1n) is 4.42. The van der Waals surface area contributed by atoms with Crippen molar-refractivity contribution in [2.75, 3.05) is 0 Å². The molecule has 1 N–H and O–H groups in total. The van der Waals surface area contributed by atoms with E-state index in [2.05, 4.69) is 11.6 Å². The average Bonchev–Trinajstić information content (AvgIpc) is 2.24. The fourth-order valence-corrected chi connectivity index (χ4v) is 1.24. The monoisotopic (exact) mass is 180 g/mol. The first kappa shape index (κ1) is 9.84. The van der Waals surface area contributed by atoms with Gasteiger partial charge in [0, 0.05) is 17.9 Å². The maximum atomic E-state index is 11.4. The summed E-state index contributed by atoms with van der Waals surface area (Å²) >= 11 is 0. The van der Waals surface area contributed by atoms with Gasteiger partial charge in [-0.3, -0.25) is 4.57 Å². The van der Waals surface area contributed by atoms with E-state index in [1.165, 1.54) is 0 Å². The number of hydrogen-bond acceptors (Lipinski definition) is 1. The van der Waals surface area contributed by atoms with Gasteiger partial charge >= 0.3 is 5.69 Å². The molecule has 0 aromatic carbocycles. The molecule has 1 heterocycles. The van der Waals surface area contributed by atoms with Crippen molar-refractivity contribution in [1.29, 1.82) is 0 Å². The zero-order valence-corrected chi connectivity index (χ0v) is 8.48. The second-order valence-corrected chi connectivity index (χ2v) is 3.50. The summed E-state index contributed by atoms with van der Waals surface area (Å²) in [7, 11) is 0. The normalized spacial score (nSPS) is 10.4. The highest BCUT2D eigenvalue weighted by Gasteiger charge is 2.05. The van der Waals surface area contributed by atoms with E-state index in [1.807, 2.05) is 20.8 Å². The summed E-state index contributed by atoms with van der Waals surface area (Å²) in [5.74, 6) is 0. The first-order chi connectivity index (χ1) is 6.02. The largest absolute Gasteiger partial charge is 0.325 e. The number of nitrogens with one attached hydrogen (secondary N) is 1. The van der Waals surface area contributed by atoms with Crippen LogP contribution in [0.5, 0.6) is 0 Å². The van der Waals surface area contributed by atoms with Gasteiger partial charge in [0.05, 0.1) is 0 Å². The number of H-pyrrole nitrogens is 1. The molecule has 0 radical (unpaired) electrons. The zero-order chi connectivity index (χ0) is 10.0. The highest BCUT2D eigenvalue weighted by atomic mass is 16.1. The number of aromatic amines is 1. The van der Waals surface area contributed by atoms with E-state index >= 15 is 0 Å². The molecular weight excluding hydrogens is 164 g/mol. The van der Waals surface area contributed by atoms with Crippen LogP contribution in [-0.4, -0.2) is 9.55 Å². The van der Waals surface area contributed by atoms with Crippen molar-refractivity contribution in [1.82, 2.24) is 9.55 Å². The van der Waals surface area contributed by atoms with Gasteiger partial charge in [-0.05, 0) is 27.2 Å². The Morgan fingerprint density at radius 1 is 1.54 bits per heavy atom. The van der Waals surface area contributed by atoms with Crippen LogP contribution in [0.3, 0.4) is 0 Å². The highest BCUT2D eigenvalue weighted by Crippen LogP contribution is 2.03. The minimum absolute atomic E-state index is 0.0174. The van der Waals surface area contributed by atoms with Gasteiger partial charge in [0.1, 0.15) is 0 Å². The van der Waals surface area contributed by atoms with Crippen LogP contribution in [0.4, 0.5) is 0 Å². The fraction of sp³-hybridized carbons (Fsp3) is 0.500. The minimum Gasteiger partial charge on any atom is -0.310 e. The van der Waals surface area contributed by atoms with Gasteiger partial charge in [0.2, 0.25) is 0 Å². The van der Waals surface area contributed by atoms with Gasteiger partial charge in [-0.2, -0.15) is 0 Å². The predicted molar refractivity (Wildman–Crippen MR) is 54.0 cm³/mol. The average molecular weight is 180 g/mol. The van der Waals surface area contributed by atoms with Gasteiger partial charge in [-0.1, -0.05) is 5.57 Å². The summed E-state index contributed by atoms with van der Waals surface area (Å²) in [5, 5.41) is 0.